The van der Waals surface area contributed by atoms with Gasteiger partial charge in [0, 0.05) is 46.3 Å². The maximum atomic E-state index is 6.06. The summed E-state index contributed by atoms with van der Waals surface area (Å²) in [6, 6.07) is 0. The molecule has 0 amide bonds. The van der Waals surface area contributed by atoms with Gasteiger partial charge in [-0.1, -0.05) is 6.92 Å². The van der Waals surface area contributed by atoms with Gasteiger partial charge in [-0.15, -0.1) is 34.2 Å². The van der Waals surface area contributed by atoms with Gasteiger partial charge in [0.2, 0.25) is 0 Å². The molecule has 0 aliphatic carbocycles. The van der Waals surface area contributed by atoms with E-state index in [4.69, 9.17) is 9.47 Å². The Kier molecular flexibility index (Phi) is 9.77. The van der Waals surface area contributed by atoms with Gasteiger partial charge < -0.3 is 24.3 Å². The Hall–Kier alpha value is -0.940. The van der Waals surface area contributed by atoms with Crippen LogP contribution < -0.4 is 5.32 Å². The van der Waals surface area contributed by atoms with Crippen molar-refractivity contribution in [3.8, 4) is 0 Å². The van der Waals surface area contributed by atoms with E-state index >= 15 is 0 Å². The summed E-state index contributed by atoms with van der Waals surface area (Å²) in [7, 11) is 1.85. The first-order valence-electron chi connectivity index (χ1n) is 9.85. The predicted molar refractivity (Wildman–Crippen MR) is 116 cm³/mol. The van der Waals surface area contributed by atoms with E-state index in [9.17, 15) is 0 Å². The largest absolute Gasteiger partial charge is 0.376 e. The van der Waals surface area contributed by atoms with Crippen LogP contribution in [0.4, 0.5) is 0 Å². The van der Waals surface area contributed by atoms with Gasteiger partial charge in [0.05, 0.1) is 18.8 Å². The molecular formula is C18H33IN6O2. The van der Waals surface area contributed by atoms with Gasteiger partial charge in [-0.05, 0) is 25.7 Å². The fourth-order valence-electron chi connectivity index (χ4n) is 3.61. The van der Waals surface area contributed by atoms with Crippen LogP contribution in [0.15, 0.2) is 11.3 Å². The van der Waals surface area contributed by atoms with Crippen LogP contribution in [0, 0.1) is 0 Å². The molecule has 1 N–H and O–H groups in total. The van der Waals surface area contributed by atoms with E-state index in [0.29, 0.717) is 12.2 Å². The number of halogens is 1. The number of piperidine rings is 1. The van der Waals surface area contributed by atoms with Crippen molar-refractivity contribution < 1.29 is 9.47 Å². The van der Waals surface area contributed by atoms with Gasteiger partial charge >= 0.3 is 0 Å². The Morgan fingerprint density at radius 1 is 1.37 bits per heavy atom. The monoisotopic (exact) mass is 492 g/mol. The van der Waals surface area contributed by atoms with E-state index in [-0.39, 0.29) is 24.0 Å². The molecule has 2 fully saturated rings. The van der Waals surface area contributed by atoms with E-state index < -0.39 is 0 Å². The molecule has 1 aromatic rings. The molecule has 1 atom stereocenters. The molecular weight excluding hydrogens is 459 g/mol. The number of hydrogen-bond acceptors (Lipinski definition) is 5. The molecule has 2 aliphatic heterocycles. The van der Waals surface area contributed by atoms with Crippen molar-refractivity contribution in [2.75, 3.05) is 39.9 Å². The highest BCUT2D eigenvalue weighted by Crippen LogP contribution is 2.17. The van der Waals surface area contributed by atoms with E-state index in [0.717, 1.165) is 76.9 Å². The summed E-state index contributed by atoms with van der Waals surface area (Å²) in [5.74, 6) is 1.99. The average Bonchev–Trinajstić information content (AvgIpc) is 3.35. The first kappa shape index (κ1) is 22.4. The van der Waals surface area contributed by atoms with Crippen LogP contribution in [0.2, 0.25) is 0 Å². The van der Waals surface area contributed by atoms with Crippen molar-refractivity contribution >= 4 is 29.9 Å². The fraction of sp³-hybridized carbons (Fsp3) is 0.833. The lowest BCUT2D eigenvalue weighted by atomic mass is 10.1. The number of hydrogen-bond donors (Lipinski definition) is 1. The lowest BCUT2D eigenvalue weighted by molar-refractivity contribution is -0.0367. The molecule has 1 aromatic heterocycles. The van der Waals surface area contributed by atoms with Crippen LogP contribution in [0.3, 0.4) is 0 Å². The molecule has 27 heavy (non-hydrogen) atoms. The highest BCUT2D eigenvalue weighted by molar-refractivity contribution is 14.0. The molecule has 0 radical (unpaired) electrons. The second kappa shape index (κ2) is 11.8. The summed E-state index contributed by atoms with van der Waals surface area (Å²) >= 11 is 0. The molecule has 0 aromatic carbocycles. The highest BCUT2D eigenvalue weighted by atomic mass is 127. The standard InChI is InChI=1S/C18H32N6O2.HI/c1-3-17-22-21-14-24(17)11-8-20-18(19-2)23-9-6-15(7-10-23)26-13-16-5-4-12-25-16;/h14-16H,3-13H2,1-2H3,(H,19,20);1H. The Balaban J connectivity index is 0.00000261. The van der Waals surface area contributed by atoms with E-state index in [2.05, 4.69) is 36.9 Å². The second-order valence-electron chi connectivity index (χ2n) is 6.92. The average molecular weight is 492 g/mol. The molecule has 2 aliphatic rings. The number of aliphatic imine (C=N–C) groups is 1. The van der Waals surface area contributed by atoms with Gasteiger partial charge in [0.25, 0.3) is 0 Å². The first-order valence-corrected chi connectivity index (χ1v) is 9.85. The zero-order valence-corrected chi connectivity index (χ0v) is 18.8. The van der Waals surface area contributed by atoms with Crippen LogP contribution in [0.25, 0.3) is 0 Å². The number of likely N-dealkylation sites (tertiary alicyclic amines) is 1. The van der Waals surface area contributed by atoms with E-state index in [1.165, 1.54) is 6.42 Å². The van der Waals surface area contributed by atoms with Crippen LogP contribution in [-0.2, 0) is 22.4 Å². The Morgan fingerprint density at radius 2 is 2.19 bits per heavy atom. The predicted octanol–water partition coefficient (Wildman–Crippen LogP) is 1.69. The topological polar surface area (TPSA) is 76.8 Å². The smallest absolute Gasteiger partial charge is 0.193 e. The van der Waals surface area contributed by atoms with Gasteiger partial charge in [-0.2, -0.15) is 0 Å². The number of nitrogens with zero attached hydrogens (tertiary/aromatic N) is 5. The second-order valence-corrected chi connectivity index (χ2v) is 6.92. The quantitative estimate of drug-likeness (QED) is 0.355. The Labute approximate surface area is 179 Å². The molecule has 0 saturated carbocycles. The summed E-state index contributed by atoms with van der Waals surface area (Å²) < 4.78 is 13.8. The minimum Gasteiger partial charge on any atom is -0.376 e. The molecule has 8 nitrogen and oxygen atoms in total. The lowest BCUT2D eigenvalue weighted by Gasteiger charge is -2.34. The lowest BCUT2D eigenvalue weighted by Crippen LogP contribution is -2.47. The molecule has 0 bridgehead atoms. The van der Waals surface area contributed by atoms with Crippen LogP contribution in [0.5, 0.6) is 0 Å². The molecule has 3 rings (SSSR count). The third-order valence-electron chi connectivity index (χ3n) is 5.14. The van der Waals surface area contributed by atoms with Crippen molar-refractivity contribution in [2.45, 2.75) is 57.8 Å². The van der Waals surface area contributed by atoms with E-state index in [1.807, 2.05) is 7.05 Å². The first-order chi connectivity index (χ1) is 12.8. The zero-order valence-electron chi connectivity index (χ0n) is 16.5. The highest BCUT2D eigenvalue weighted by Gasteiger charge is 2.24. The Morgan fingerprint density at radius 3 is 2.85 bits per heavy atom. The SMILES string of the molecule is CCc1nncn1CCNC(=NC)N1CCC(OCC2CCCO2)CC1.I. The summed E-state index contributed by atoms with van der Waals surface area (Å²) in [5, 5.41) is 11.6. The number of aryl methyl sites for hydroxylation is 1. The third kappa shape index (κ3) is 6.56. The zero-order chi connectivity index (χ0) is 18.2. The number of guanidine groups is 1. The van der Waals surface area contributed by atoms with Gasteiger partial charge in [0.15, 0.2) is 5.96 Å². The number of nitrogens with one attached hydrogen (secondary N) is 1. The number of aromatic nitrogens is 3. The van der Waals surface area contributed by atoms with Crippen LogP contribution >= 0.6 is 24.0 Å². The van der Waals surface area contributed by atoms with Crippen molar-refractivity contribution in [3.63, 3.8) is 0 Å². The molecule has 1 unspecified atom stereocenters. The minimum absolute atomic E-state index is 0. The Bertz CT molecular complexity index is 568. The molecule has 0 spiro atoms. The van der Waals surface area contributed by atoms with Crippen LogP contribution in [-0.4, -0.2) is 77.7 Å². The van der Waals surface area contributed by atoms with Crippen molar-refractivity contribution in [3.05, 3.63) is 12.2 Å². The van der Waals surface area contributed by atoms with Crippen LogP contribution in [0.1, 0.15) is 38.4 Å². The molecule has 2 saturated heterocycles. The minimum atomic E-state index is 0. The third-order valence-corrected chi connectivity index (χ3v) is 5.14. The summed E-state index contributed by atoms with van der Waals surface area (Å²) in [4.78, 5) is 6.76. The van der Waals surface area contributed by atoms with Crippen molar-refractivity contribution in [1.29, 1.82) is 0 Å². The maximum absolute atomic E-state index is 6.06. The van der Waals surface area contributed by atoms with E-state index in [1.54, 1.807) is 6.33 Å². The normalized spacial score (nSPS) is 21.3. The summed E-state index contributed by atoms with van der Waals surface area (Å²) in [6.07, 6.45) is 7.74. The van der Waals surface area contributed by atoms with Gasteiger partial charge in [-0.25, -0.2) is 0 Å². The number of rotatable bonds is 7. The van der Waals surface area contributed by atoms with Crippen molar-refractivity contribution in [1.82, 2.24) is 25.0 Å². The summed E-state index contributed by atoms with van der Waals surface area (Å²) in [5.41, 5.74) is 0. The van der Waals surface area contributed by atoms with Gasteiger partial charge in [-0.3, -0.25) is 4.99 Å². The molecule has 9 heteroatoms. The summed E-state index contributed by atoms with van der Waals surface area (Å²) in [6.45, 7) is 7.34. The molecule has 154 valence electrons. The maximum Gasteiger partial charge on any atom is 0.193 e. The fourth-order valence-corrected chi connectivity index (χ4v) is 3.61. The van der Waals surface area contributed by atoms with Gasteiger partial charge in [0.1, 0.15) is 12.2 Å². The number of ether oxygens (including phenoxy) is 2. The van der Waals surface area contributed by atoms with Crippen molar-refractivity contribution in [2.24, 2.45) is 4.99 Å². The molecule has 3 heterocycles.